The first-order valence-electron chi connectivity index (χ1n) is 8.96. The molecular formula is C20H19ClN4O3. The summed E-state index contributed by atoms with van der Waals surface area (Å²) < 4.78 is 0. The molecule has 28 heavy (non-hydrogen) atoms. The Hall–Kier alpha value is -2.90. The number of aromatic amines is 1. The van der Waals surface area contributed by atoms with Crippen LogP contribution in [0.25, 0.3) is 11.0 Å². The summed E-state index contributed by atoms with van der Waals surface area (Å²) >= 11 is 5.87. The Morgan fingerprint density at radius 3 is 2.82 bits per heavy atom. The second kappa shape index (κ2) is 7.61. The molecule has 3 aromatic rings. The largest absolute Gasteiger partial charge is 0.391 e. The number of hydrogen-bond donors (Lipinski definition) is 3. The van der Waals surface area contributed by atoms with Gasteiger partial charge in [0.15, 0.2) is 0 Å². The number of β-amino-alcohol motifs (C(OH)–C–C–N with tert-alkyl or cyclic N) is 1. The van der Waals surface area contributed by atoms with Crippen LogP contribution in [0, 0.1) is 0 Å². The topological polar surface area (TPSA) is 98.3 Å². The molecule has 144 valence electrons. The summed E-state index contributed by atoms with van der Waals surface area (Å²) in [5.74, 6) is -0.616. The number of fused-ring (bicyclic) bond motifs is 1. The molecule has 1 fully saturated rings. The molecule has 3 N–H and O–H groups in total. The van der Waals surface area contributed by atoms with Gasteiger partial charge < -0.3 is 20.3 Å². The zero-order valence-corrected chi connectivity index (χ0v) is 15.7. The predicted octanol–water partition coefficient (Wildman–Crippen LogP) is 2.11. The maximum absolute atomic E-state index is 13.1. The van der Waals surface area contributed by atoms with Gasteiger partial charge in [-0.05, 0) is 29.8 Å². The van der Waals surface area contributed by atoms with Crippen LogP contribution in [0.5, 0.6) is 0 Å². The molecule has 0 aliphatic carbocycles. The molecule has 1 aliphatic heterocycles. The van der Waals surface area contributed by atoms with Gasteiger partial charge in [-0.1, -0.05) is 29.8 Å². The summed E-state index contributed by atoms with van der Waals surface area (Å²) in [7, 11) is 0. The van der Waals surface area contributed by atoms with Gasteiger partial charge in [-0.2, -0.15) is 0 Å². The number of aliphatic hydroxyl groups is 1. The number of aliphatic hydroxyl groups excluding tert-OH is 1. The molecule has 2 aromatic carbocycles. The molecule has 1 aliphatic rings. The summed E-state index contributed by atoms with van der Waals surface area (Å²) in [5, 5.41) is 13.6. The molecule has 8 heteroatoms. The van der Waals surface area contributed by atoms with Crippen molar-refractivity contribution in [2.24, 2.45) is 0 Å². The number of nitrogens with zero attached hydrogens (tertiary/aromatic N) is 2. The van der Waals surface area contributed by atoms with Gasteiger partial charge in [-0.3, -0.25) is 9.59 Å². The highest BCUT2D eigenvalue weighted by Gasteiger charge is 2.39. The maximum atomic E-state index is 13.1. The molecular weight excluding hydrogens is 380 g/mol. The molecule has 0 spiro atoms. The van der Waals surface area contributed by atoms with Crippen LogP contribution in [0.1, 0.15) is 22.3 Å². The lowest BCUT2D eigenvalue weighted by atomic mass is 10.1. The van der Waals surface area contributed by atoms with Gasteiger partial charge in [0.2, 0.25) is 5.91 Å². The smallest absolute Gasteiger partial charge is 0.256 e. The average molecular weight is 399 g/mol. The summed E-state index contributed by atoms with van der Waals surface area (Å²) in [5.41, 5.74) is 2.60. The number of nitrogens with one attached hydrogen (secondary N) is 2. The standard InChI is InChI=1S/C20H19ClN4O3/c21-13-6-4-12(5-7-13)9-22-19(27)17-8-14(26)10-25(17)20(28)15-2-1-3-16-18(15)24-11-23-16/h1-7,11,14,17,26H,8-10H2,(H,22,27)(H,23,24)/t14-,17+/m1/s1. The number of imidazole rings is 1. The van der Waals surface area contributed by atoms with E-state index in [9.17, 15) is 14.7 Å². The van der Waals surface area contributed by atoms with Gasteiger partial charge in [0.05, 0.1) is 23.5 Å². The van der Waals surface area contributed by atoms with Crippen molar-refractivity contribution in [2.45, 2.75) is 25.1 Å². The Labute approximate surface area is 166 Å². The van der Waals surface area contributed by atoms with Crippen LogP contribution < -0.4 is 5.32 Å². The molecule has 0 bridgehead atoms. The van der Waals surface area contributed by atoms with Gasteiger partial charge in [0, 0.05) is 24.5 Å². The SMILES string of the molecule is O=C(NCc1ccc(Cl)cc1)[C@@H]1C[C@@H](O)CN1C(=O)c1cccc2[nH]cnc12. The Bertz CT molecular complexity index is 1020. The van der Waals surface area contributed by atoms with Crippen molar-refractivity contribution in [2.75, 3.05) is 6.54 Å². The number of para-hydroxylation sites is 1. The van der Waals surface area contributed by atoms with Crippen LogP contribution in [0.2, 0.25) is 5.02 Å². The first-order valence-corrected chi connectivity index (χ1v) is 9.34. The fourth-order valence-corrected chi connectivity index (χ4v) is 3.61. The van der Waals surface area contributed by atoms with Gasteiger partial charge in [0.1, 0.15) is 11.6 Å². The van der Waals surface area contributed by atoms with Gasteiger partial charge >= 0.3 is 0 Å². The predicted molar refractivity (Wildman–Crippen MR) is 105 cm³/mol. The van der Waals surface area contributed by atoms with Crippen LogP contribution in [0.3, 0.4) is 0 Å². The van der Waals surface area contributed by atoms with Gasteiger partial charge in [0.25, 0.3) is 5.91 Å². The van der Waals surface area contributed by atoms with Crippen LogP contribution in [-0.2, 0) is 11.3 Å². The molecule has 2 amide bonds. The molecule has 4 rings (SSSR count). The molecule has 0 radical (unpaired) electrons. The molecule has 2 atom stereocenters. The lowest BCUT2D eigenvalue weighted by Crippen LogP contribution is -2.45. The van der Waals surface area contributed by atoms with Crippen LogP contribution in [0.15, 0.2) is 48.8 Å². The molecule has 0 unspecified atom stereocenters. The summed E-state index contributed by atoms with van der Waals surface area (Å²) in [6, 6.07) is 11.7. The summed E-state index contributed by atoms with van der Waals surface area (Å²) in [4.78, 5) is 34.4. The highest BCUT2D eigenvalue weighted by atomic mass is 35.5. The van der Waals surface area contributed by atoms with Crippen molar-refractivity contribution in [1.82, 2.24) is 20.2 Å². The fraction of sp³-hybridized carbons (Fsp3) is 0.250. The Balaban J connectivity index is 1.51. The fourth-order valence-electron chi connectivity index (χ4n) is 3.49. The van der Waals surface area contributed by atoms with E-state index in [-0.39, 0.29) is 24.8 Å². The van der Waals surface area contributed by atoms with E-state index < -0.39 is 12.1 Å². The number of aromatic nitrogens is 2. The van der Waals surface area contributed by atoms with E-state index in [1.165, 1.54) is 11.2 Å². The third kappa shape index (κ3) is 3.58. The second-order valence-corrected chi connectivity index (χ2v) is 7.25. The van der Waals surface area contributed by atoms with Crippen molar-refractivity contribution < 1.29 is 14.7 Å². The third-order valence-electron chi connectivity index (χ3n) is 4.90. The average Bonchev–Trinajstić information content (AvgIpc) is 3.33. The summed E-state index contributed by atoms with van der Waals surface area (Å²) in [6.07, 6.45) is 0.985. The van der Waals surface area contributed by atoms with Crippen molar-refractivity contribution in [3.05, 3.63) is 64.9 Å². The lowest BCUT2D eigenvalue weighted by molar-refractivity contribution is -0.125. The first-order chi connectivity index (χ1) is 13.5. The number of halogens is 1. The first kappa shape index (κ1) is 18.5. The molecule has 0 saturated carbocycles. The zero-order chi connectivity index (χ0) is 19.7. The number of benzene rings is 2. The number of H-pyrrole nitrogens is 1. The Kier molecular flexibility index (Phi) is 5.02. The third-order valence-corrected chi connectivity index (χ3v) is 5.15. The van der Waals surface area contributed by atoms with E-state index >= 15 is 0 Å². The normalized spacial score (nSPS) is 19.1. The van der Waals surface area contributed by atoms with Crippen molar-refractivity contribution in [1.29, 1.82) is 0 Å². The van der Waals surface area contributed by atoms with Crippen LogP contribution in [0.4, 0.5) is 0 Å². The minimum Gasteiger partial charge on any atom is -0.391 e. The highest BCUT2D eigenvalue weighted by molar-refractivity contribution is 6.30. The van der Waals surface area contributed by atoms with E-state index in [1.807, 2.05) is 18.2 Å². The van der Waals surface area contributed by atoms with E-state index in [4.69, 9.17) is 11.6 Å². The number of likely N-dealkylation sites (tertiary alicyclic amines) is 1. The van der Waals surface area contributed by atoms with Gasteiger partial charge in [-0.15, -0.1) is 0 Å². The Morgan fingerprint density at radius 2 is 2.04 bits per heavy atom. The quantitative estimate of drug-likeness (QED) is 0.626. The summed E-state index contributed by atoms with van der Waals surface area (Å²) in [6.45, 7) is 0.429. The minimum absolute atomic E-state index is 0.110. The lowest BCUT2D eigenvalue weighted by Gasteiger charge is -2.24. The number of rotatable bonds is 4. The van der Waals surface area contributed by atoms with Crippen molar-refractivity contribution in [3.8, 4) is 0 Å². The molecule has 7 nitrogen and oxygen atoms in total. The number of carbonyl (C=O) groups is 2. The van der Waals surface area contributed by atoms with E-state index in [2.05, 4.69) is 15.3 Å². The monoisotopic (exact) mass is 398 g/mol. The second-order valence-electron chi connectivity index (χ2n) is 6.81. The Morgan fingerprint density at radius 1 is 1.25 bits per heavy atom. The molecule has 1 aromatic heterocycles. The number of hydrogen-bond acceptors (Lipinski definition) is 4. The van der Waals surface area contributed by atoms with E-state index in [1.54, 1.807) is 24.3 Å². The van der Waals surface area contributed by atoms with Crippen molar-refractivity contribution >= 4 is 34.4 Å². The number of carbonyl (C=O) groups excluding carboxylic acids is 2. The minimum atomic E-state index is -0.742. The molecule has 2 heterocycles. The van der Waals surface area contributed by atoms with Gasteiger partial charge in [-0.25, -0.2) is 4.98 Å². The van der Waals surface area contributed by atoms with E-state index in [0.29, 0.717) is 22.6 Å². The molecule has 1 saturated heterocycles. The van der Waals surface area contributed by atoms with Crippen LogP contribution >= 0.6 is 11.6 Å². The van der Waals surface area contributed by atoms with Crippen molar-refractivity contribution in [3.63, 3.8) is 0 Å². The highest BCUT2D eigenvalue weighted by Crippen LogP contribution is 2.24. The number of amides is 2. The maximum Gasteiger partial charge on any atom is 0.256 e. The van der Waals surface area contributed by atoms with Crippen LogP contribution in [-0.4, -0.2) is 50.5 Å². The zero-order valence-electron chi connectivity index (χ0n) is 14.9. The van der Waals surface area contributed by atoms with E-state index in [0.717, 1.165) is 11.1 Å².